The van der Waals surface area contributed by atoms with E-state index in [4.69, 9.17) is 0 Å². The summed E-state index contributed by atoms with van der Waals surface area (Å²) in [6, 6.07) is 11.4. The molecule has 0 saturated heterocycles. The minimum atomic E-state index is -0.609. The number of rotatable bonds is 3. The number of hydrogen-bond acceptors (Lipinski definition) is 3. The van der Waals surface area contributed by atoms with Crippen molar-refractivity contribution >= 4 is 0 Å². The van der Waals surface area contributed by atoms with Crippen LogP contribution >= 0.6 is 0 Å². The molecule has 7 heteroatoms. The molecule has 5 nitrogen and oxygen atoms in total. The van der Waals surface area contributed by atoms with Crippen molar-refractivity contribution in [2.75, 3.05) is 0 Å². The first-order chi connectivity index (χ1) is 10.1. The summed E-state index contributed by atoms with van der Waals surface area (Å²) >= 11 is 0. The normalized spacial score (nSPS) is 10.8. The predicted octanol–water partition coefficient (Wildman–Crippen LogP) is 1.76. The van der Waals surface area contributed by atoms with E-state index < -0.39 is 11.5 Å². The van der Waals surface area contributed by atoms with E-state index in [-0.39, 0.29) is 12.4 Å². The molecule has 1 heterocycles. The van der Waals surface area contributed by atoms with Gasteiger partial charge in [0.2, 0.25) is 0 Å². The second-order valence-electron chi connectivity index (χ2n) is 4.42. The van der Waals surface area contributed by atoms with Gasteiger partial charge in [0.1, 0.15) is 11.6 Å². The lowest BCUT2D eigenvalue weighted by molar-refractivity contribution is 0.510. The maximum Gasteiger partial charge on any atom is 0.388 e. The van der Waals surface area contributed by atoms with E-state index in [1.165, 1.54) is 35.1 Å². The van der Waals surface area contributed by atoms with Crippen LogP contribution in [0.3, 0.4) is 0 Å². The number of tetrazole rings is 1. The first kappa shape index (κ1) is 13.2. The van der Waals surface area contributed by atoms with E-state index in [1.807, 2.05) is 0 Å². The van der Waals surface area contributed by atoms with Crippen molar-refractivity contribution in [1.29, 1.82) is 0 Å². The number of hydrogen-bond donors (Lipinski definition) is 0. The number of nitrogens with zero attached hydrogens (tertiary/aromatic N) is 4. The third-order valence-corrected chi connectivity index (χ3v) is 2.94. The molecule has 0 unspecified atom stereocenters. The van der Waals surface area contributed by atoms with Gasteiger partial charge in [0.15, 0.2) is 0 Å². The number of halogens is 2. The van der Waals surface area contributed by atoms with Crippen molar-refractivity contribution in [3.05, 3.63) is 76.2 Å². The molecule has 0 bridgehead atoms. The molecule has 0 aliphatic rings. The highest BCUT2D eigenvalue weighted by Gasteiger charge is 2.10. The lowest BCUT2D eigenvalue weighted by Crippen LogP contribution is -2.22. The van der Waals surface area contributed by atoms with Gasteiger partial charge in [0.05, 0.1) is 12.2 Å². The lowest BCUT2D eigenvalue weighted by atomic mass is 10.2. The van der Waals surface area contributed by atoms with Crippen molar-refractivity contribution in [3.8, 4) is 5.69 Å². The topological polar surface area (TPSA) is 52.7 Å². The van der Waals surface area contributed by atoms with Gasteiger partial charge < -0.3 is 0 Å². The summed E-state index contributed by atoms with van der Waals surface area (Å²) in [4.78, 5) is 13.1. The van der Waals surface area contributed by atoms with Crippen LogP contribution in [-0.4, -0.2) is 19.8 Å². The number of benzene rings is 2. The second-order valence-corrected chi connectivity index (χ2v) is 4.42. The Morgan fingerprint density at radius 3 is 2.48 bits per heavy atom. The van der Waals surface area contributed by atoms with Crippen LogP contribution in [0.1, 0.15) is 5.56 Å². The third-order valence-electron chi connectivity index (χ3n) is 2.94. The summed E-state index contributed by atoms with van der Waals surface area (Å²) in [5.41, 5.74) is 0.460. The van der Waals surface area contributed by atoms with Crippen LogP contribution < -0.4 is 5.69 Å². The Morgan fingerprint density at radius 2 is 1.76 bits per heavy atom. The molecule has 106 valence electrons. The monoisotopic (exact) mass is 288 g/mol. The van der Waals surface area contributed by atoms with E-state index in [1.54, 1.807) is 18.2 Å². The minimum Gasteiger partial charge on any atom is -0.242 e. The zero-order valence-electron chi connectivity index (χ0n) is 10.8. The first-order valence-electron chi connectivity index (χ1n) is 6.17. The standard InChI is InChI=1S/C14H10F2N4O/c15-11-6-4-10(5-7-11)9-19-18-17-14(21)20(19)13-3-1-2-12(16)8-13/h1-8H,9H2. The molecule has 2 aromatic carbocycles. The molecule has 0 atom stereocenters. The van der Waals surface area contributed by atoms with Gasteiger partial charge in [0, 0.05) is 0 Å². The molecular weight excluding hydrogens is 278 g/mol. The quantitative estimate of drug-likeness (QED) is 0.738. The van der Waals surface area contributed by atoms with Crippen LogP contribution in [-0.2, 0) is 6.54 Å². The molecular formula is C14H10F2N4O. The van der Waals surface area contributed by atoms with Gasteiger partial charge in [-0.2, -0.15) is 9.48 Å². The van der Waals surface area contributed by atoms with Crippen LogP contribution in [0.5, 0.6) is 0 Å². The van der Waals surface area contributed by atoms with Crippen molar-refractivity contribution in [2.45, 2.75) is 6.54 Å². The van der Waals surface area contributed by atoms with Gasteiger partial charge in [-0.25, -0.2) is 13.6 Å². The van der Waals surface area contributed by atoms with Gasteiger partial charge in [-0.05, 0) is 41.1 Å². The fourth-order valence-corrected chi connectivity index (χ4v) is 1.98. The molecule has 0 spiro atoms. The molecule has 0 amide bonds. The molecule has 3 aromatic rings. The van der Waals surface area contributed by atoms with Gasteiger partial charge in [-0.15, -0.1) is 0 Å². The highest BCUT2D eigenvalue weighted by Crippen LogP contribution is 2.09. The van der Waals surface area contributed by atoms with E-state index >= 15 is 0 Å². The van der Waals surface area contributed by atoms with Crippen LogP contribution in [0.25, 0.3) is 5.69 Å². The largest absolute Gasteiger partial charge is 0.388 e. The molecule has 21 heavy (non-hydrogen) atoms. The van der Waals surface area contributed by atoms with Crippen LogP contribution in [0.15, 0.2) is 53.3 Å². The minimum absolute atomic E-state index is 0.214. The predicted molar refractivity (Wildman–Crippen MR) is 71.1 cm³/mol. The third kappa shape index (κ3) is 2.71. The summed E-state index contributed by atoms with van der Waals surface area (Å²) < 4.78 is 27.3. The van der Waals surface area contributed by atoms with E-state index in [0.29, 0.717) is 5.69 Å². The molecule has 0 aliphatic heterocycles. The average molecular weight is 288 g/mol. The SMILES string of the molecule is O=c1nnn(Cc2ccc(F)cc2)n1-c1cccc(F)c1. The van der Waals surface area contributed by atoms with Crippen molar-refractivity contribution < 1.29 is 8.78 Å². The highest BCUT2D eigenvalue weighted by atomic mass is 19.1. The Morgan fingerprint density at radius 1 is 1.00 bits per heavy atom. The van der Waals surface area contributed by atoms with Crippen LogP contribution in [0.2, 0.25) is 0 Å². The van der Waals surface area contributed by atoms with Crippen molar-refractivity contribution in [3.63, 3.8) is 0 Å². The Bertz CT molecular complexity index is 823. The van der Waals surface area contributed by atoms with Gasteiger partial charge >= 0.3 is 5.69 Å². The van der Waals surface area contributed by atoms with E-state index in [0.717, 1.165) is 10.2 Å². The maximum absolute atomic E-state index is 13.3. The zero-order chi connectivity index (χ0) is 14.8. The molecule has 0 fully saturated rings. The van der Waals surface area contributed by atoms with Crippen molar-refractivity contribution in [1.82, 2.24) is 19.8 Å². The molecule has 0 saturated carbocycles. The van der Waals surface area contributed by atoms with Crippen molar-refractivity contribution in [2.24, 2.45) is 0 Å². The fourth-order valence-electron chi connectivity index (χ4n) is 1.98. The maximum atomic E-state index is 13.3. The second kappa shape index (κ2) is 5.28. The summed E-state index contributed by atoms with van der Waals surface area (Å²) in [5, 5.41) is 7.20. The summed E-state index contributed by atoms with van der Waals surface area (Å²) in [5.74, 6) is -0.811. The smallest absolute Gasteiger partial charge is 0.242 e. The van der Waals surface area contributed by atoms with E-state index in [9.17, 15) is 13.6 Å². The Labute approximate surface area is 118 Å². The molecule has 1 aromatic heterocycles. The molecule has 3 rings (SSSR count). The van der Waals surface area contributed by atoms with Crippen LogP contribution in [0, 0.1) is 11.6 Å². The average Bonchev–Trinajstić information content (AvgIpc) is 2.82. The Hall–Kier alpha value is -2.83. The Balaban J connectivity index is 2.01. The van der Waals surface area contributed by atoms with Crippen LogP contribution in [0.4, 0.5) is 8.78 Å². The van der Waals surface area contributed by atoms with Gasteiger partial charge in [-0.3, -0.25) is 0 Å². The summed E-state index contributed by atoms with van der Waals surface area (Å²) in [6.45, 7) is 0.214. The zero-order valence-corrected chi connectivity index (χ0v) is 10.8. The number of aromatic nitrogens is 4. The first-order valence-corrected chi connectivity index (χ1v) is 6.17. The van der Waals surface area contributed by atoms with Gasteiger partial charge in [0.25, 0.3) is 0 Å². The molecule has 0 N–H and O–H groups in total. The summed E-state index contributed by atoms with van der Waals surface area (Å²) in [6.07, 6.45) is 0. The van der Waals surface area contributed by atoms with E-state index in [2.05, 4.69) is 10.3 Å². The molecule has 0 aliphatic carbocycles. The van der Waals surface area contributed by atoms with Gasteiger partial charge in [-0.1, -0.05) is 23.3 Å². The highest BCUT2D eigenvalue weighted by molar-refractivity contribution is 5.30. The fraction of sp³-hybridized carbons (Fsp3) is 0.0714. The molecule has 0 radical (unpaired) electrons. The Kier molecular flexibility index (Phi) is 3.31. The lowest BCUT2D eigenvalue weighted by Gasteiger charge is -2.08. The summed E-state index contributed by atoms with van der Waals surface area (Å²) in [7, 11) is 0.